The number of hydrogen-bond donors (Lipinski definition) is 3. The first-order valence-corrected chi connectivity index (χ1v) is 7.32. The van der Waals surface area contributed by atoms with E-state index in [-0.39, 0.29) is 17.6 Å². The quantitative estimate of drug-likeness (QED) is 0.686. The van der Waals surface area contributed by atoms with Gasteiger partial charge in [0.15, 0.2) is 0 Å². The molecule has 3 N–H and O–H groups in total. The van der Waals surface area contributed by atoms with E-state index in [1.807, 2.05) is 0 Å². The molecule has 116 valence electrons. The number of urea groups is 1. The van der Waals surface area contributed by atoms with Crippen molar-refractivity contribution in [2.75, 3.05) is 5.32 Å². The fourth-order valence-corrected chi connectivity index (χ4v) is 2.07. The molecule has 0 aromatic carbocycles. The van der Waals surface area contributed by atoms with Gasteiger partial charge in [-0.15, -0.1) is 0 Å². The molecule has 0 aliphatic carbocycles. The van der Waals surface area contributed by atoms with Crippen LogP contribution in [0.2, 0.25) is 0 Å². The van der Waals surface area contributed by atoms with Crippen LogP contribution in [0.4, 0.5) is 10.5 Å². The number of carbonyl (C=O) groups excluding carboxylic acids is 1. The highest BCUT2D eigenvalue weighted by Gasteiger charge is 2.12. The van der Waals surface area contributed by atoms with Crippen molar-refractivity contribution in [2.45, 2.75) is 52.0 Å². The molecule has 0 aliphatic heterocycles. The predicted molar refractivity (Wildman–Crippen MR) is 81.6 cm³/mol. The first-order valence-electron chi connectivity index (χ1n) is 7.32. The summed E-state index contributed by atoms with van der Waals surface area (Å²) >= 11 is 0. The van der Waals surface area contributed by atoms with Crippen molar-refractivity contribution in [3.05, 3.63) is 24.0 Å². The lowest BCUT2D eigenvalue weighted by molar-refractivity contribution is 0.0696. The minimum Gasteiger partial charge on any atom is -0.478 e. The Morgan fingerprint density at radius 2 is 2.00 bits per heavy atom. The summed E-state index contributed by atoms with van der Waals surface area (Å²) in [5.74, 6) is -1.07. The summed E-state index contributed by atoms with van der Waals surface area (Å²) in [5, 5.41) is 14.4. The minimum atomic E-state index is -1.07. The number of carboxylic acids is 1. The highest BCUT2D eigenvalue weighted by atomic mass is 16.4. The zero-order valence-corrected chi connectivity index (χ0v) is 12.6. The number of amides is 2. The largest absolute Gasteiger partial charge is 0.478 e. The third-order valence-electron chi connectivity index (χ3n) is 3.12. The van der Waals surface area contributed by atoms with E-state index in [9.17, 15) is 9.59 Å². The van der Waals surface area contributed by atoms with Crippen LogP contribution in [0, 0.1) is 0 Å². The van der Waals surface area contributed by atoms with E-state index >= 15 is 0 Å². The van der Waals surface area contributed by atoms with Crippen molar-refractivity contribution in [1.29, 1.82) is 0 Å². The molecule has 0 saturated carbocycles. The van der Waals surface area contributed by atoms with E-state index in [0.29, 0.717) is 5.69 Å². The number of aromatic carboxylic acids is 1. The van der Waals surface area contributed by atoms with Crippen LogP contribution in [0.1, 0.15) is 56.3 Å². The summed E-state index contributed by atoms with van der Waals surface area (Å²) in [6.45, 7) is 4.20. The van der Waals surface area contributed by atoms with Crippen molar-refractivity contribution < 1.29 is 14.7 Å². The Morgan fingerprint density at radius 3 is 2.62 bits per heavy atom. The average molecular weight is 293 g/mol. The number of unbranched alkanes of at least 4 members (excludes halogenated alkanes) is 1. The molecule has 6 heteroatoms. The number of pyridine rings is 1. The van der Waals surface area contributed by atoms with Crippen LogP contribution < -0.4 is 10.6 Å². The highest BCUT2D eigenvalue weighted by Crippen LogP contribution is 2.10. The first-order chi connectivity index (χ1) is 10.1. The number of carboxylic acid groups (broad SMARTS) is 1. The lowest BCUT2D eigenvalue weighted by atomic mass is 10.1. The maximum absolute atomic E-state index is 11.9. The molecule has 1 rings (SSSR count). The Balaban J connectivity index is 2.58. The van der Waals surface area contributed by atoms with E-state index in [1.54, 1.807) is 0 Å². The molecular weight excluding hydrogens is 270 g/mol. The van der Waals surface area contributed by atoms with E-state index < -0.39 is 5.97 Å². The van der Waals surface area contributed by atoms with Crippen LogP contribution in [0.15, 0.2) is 18.5 Å². The number of nitrogens with one attached hydrogen (secondary N) is 2. The van der Waals surface area contributed by atoms with Gasteiger partial charge in [-0.2, -0.15) is 0 Å². The second-order valence-corrected chi connectivity index (χ2v) is 4.99. The minimum absolute atomic E-state index is 0.0453. The van der Waals surface area contributed by atoms with Gasteiger partial charge in [0.05, 0.1) is 17.4 Å². The van der Waals surface area contributed by atoms with Gasteiger partial charge in [0.25, 0.3) is 0 Å². The predicted octanol–water partition coefficient (Wildman–Crippen LogP) is 3.26. The number of hydrogen-bond acceptors (Lipinski definition) is 3. The summed E-state index contributed by atoms with van der Waals surface area (Å²) in [6.07, 6.45) is 7.71. The Kier molecular flexibility index (Phi) is 7.21. The maximum Gasteiger partial charge on any atom is 0.337 e. The van der Waals surface area contributed by atoms with Gasteiger partial charge in [-0.1, -0.05) is 33.1 Å². The fourth-order valence-electron chi connectivity index (χ4n) is 2.07. The summed E-state index contributed by atoms with van der Waals surface area (Å²) in [6, 6.07) is 1.20. The summed E-state index contributed by atoms with van der Waals surface area (Å²) in [4.78, 5) is 26.6. The fraction of sp³-hybridized carbons (Fsp3) is 0.533. The lowest BCUT2D eigenvalue weighted by Gasteiger charge is -2.18. The van der Waals surface area contributed by atoms with Crippen molar-refractivity contribution in [3.8, 4) is 0 Å². The molecule has 0 radical (unpaired) electrons. The number of anilines is 1. The second kappa shape index (κ2) is 8.94. The average Bonchev–Trinajstić information content (AvgIpc) is 2.45. The molecule has 0 fully saturated rings. The Labute approximate surface area is 125 Å². The summed E-state index contributed by atoms with van der Waals surface area (Å²) in [7, 11) is 0. The van der Waals surface area contributed by atoms with Crippen molar-refractivity contribution >= 4 is 17.7 Å². The maximum atomic E-state index is 11.9. The first kappa shape index (κ1) is 16.9. The van der Waals surface area contributed by atoms with Crippen molar-refractivity contribution in [3.63, 3.8) is 0 Å². The smallest absolute Gasteiger partial charge is 0.337 e. The third-order valence-corrected chi connectivity index (χ3v) is 3.12. The SMILES string of the molecule is CCCCC(CCC)NC(=O)Nc1cncc(C(=O)O)c1. The van der Waals surface area contributed by atoms with Crippen LogP contribution in [0.25, 0.3) is 0 Å². The number of carbonyl (C=O) groups is 2. The molecule has 0 aliphatic rings. The van der Waals surface area contributed by atoms with Gasteiger partial charge in [0.2, 0.25) is 0 Å². The molecule has 0 bridgehead atoms. The second-order valence-electron chi connectivity index (χ2n) is 4.99. The normalized spacial score (nSPS) is 11.7. The van der Waals surface area contributed by atoms with Gasteiger partial charge in [0.1, 0.15) is 0 Å². The lowest BCUT2D eigenvalue weighted by Crippen LogP contribution is -2.38. The monoisotopic (exact) mass is 293 g/mol. The Morgan fingerprint density at radius 1 is 1.24 bits per heavy atom. The van der Waals surface area contributed by atoms with Gasteiger partial charge < -0.3 is 15.7 Å². The molecule has 0 spiro atoms. The molecule has 1 unspecified atom stereocenters. The highest BCUT2D eigenvalue weighted by molar-refractivity contribution is 5.92. The van der Waals surface area contributed by atoms with Gasteiger partial charge in [-0.3, -0.25) is 4.98 Å². The van der Waals surface area contributed by atoms with Crippen molar-refractivity contribution in [2.24, 2.45) is 0 Å². The van der Waals surface area contributed by atoms with E-state index in [2.05, 4.69) is 29.5 Å². The number of aromatic nitrogens is 1. The summed E-state index contributed by atoms with van der Waals surface area (Å²) in [5.41, 5.74) is 0.419. The third kappa shape index (κ3) is 6.25. The topological polar surface area (TPSA) is 91.3 Å². The van der Waals surface area contributed by atoms with Crippen LogP contribution >= 0.6 is 0 Å². The van der Waals surface area contributed by atoms with Gasteiger partial charge in [-0.25, -0.2) is 9.59 Å². The Hall–Kier alpha value is -2.11. The number of nitrogens with zero attached hydrogens (tertiary/aromatic N) is 1. The molecule has 1 aromatic rings. The van der Waals surface area contributed by atoms with E-state index in [1.165, 1.54) is 18.5 Å². The van der Waals surface area contributed by atoms with Crippen molar-refractivity contribution in [1.82, 2.24) is 10.3 Å². The van der Waals surface area contributed by atoms with Gasteiger partial charge in [-0.05, 0) is 18.9 Å². The van der Waals surface area contributed by atoms with Gasteiger partial charge >= 0.3 is 12.0 Å². The molecule has 1 atom stereocenters. The van der Waals surface area contributed by atoms with Crippen LogP contribution in [0.5, 0.6) is 0 Å². The van der Waals surface area contributed by atoms with Crippen LogP contribution in [-0.2, 0) is 0 Å². The molecule has 1 heterocycles. The zero-order valence-electron chi connectivity index (χ0n) is 12.6. The van der Waals surface area contributed by atoms with E-state index in [0.717, 1.165) is 32.1 Å². The van der Waals surface area contributed by atoms with Crippen LogP contribution in [-0.4, -0.2) is 28.1 Å². The van der Waals surface area contributed by atoms with Crippen LogP contribution in [0.3, 0.4) is 0 Å². The molecular formula is C15H23N3O3. The van der Waals surface area contributed by atoms with E-state index in [4.69, 9.17) is 5.11 Å². The molecule has 1 aromatic heterocycles. The standard InChI is InChI=1S/C15H23N3O3/c1-3-5-7-12(6-4-2)17-15(21)18-13-8-11(14(19)20)9-16-10-13/h8-10,12H,3-7H2,1-2H3,(H,19,20)(H2,17,18,21). The molecule has 0 saturated heterocycles. The zero-order chi connectivity index (χ0) is 15.7. The molecule has 21 heavy (non-hydrogen) atoms. The Bertz CT molecular complexity index is 477. The number of rotatable bonds is 8. The summed E-state index contributed by atoms with van der Waals surface area (Å²) < 4.78 is 0. The van der Waals surface area contributed by atoms with Gasteiger partial charge in [0, 0.05) is 12.2 Å². The molecule has 6 nitrogen and oxygen atoms in total. The molecule has 2 amide bonds.